The third kappa shape index (κ3) is 4.98. The Labute approximate surface area is 171 Å². The highest BCUT2D eigenvalue weighted by Crippen LogP contribution is 2.32. The molecule has 3 aromatic rings. The Bertz CT molecular complexity index is 1070. The summed E-state index contributed by atoms with van der Waals surface area (Å²) < 4.78 is 42.0. The highest BCUT2D eigenvalue weighted by Gasteiger charge is 2.18. The number of benzene rings is 2. The summed E-state index contributed by atoms with van der Waals surface area (Å²) in [4.78, 5) is 4.81. The monoisotopic (exact) mass is 415 g/mol. The maximum absolute atomic E-state index is 12.6. The molecule has 0 fully saturated rings. The van der Waals surface area contributed by atoms with E-state index < -0.39 is 9.84 Å². The second kappa shape index (κ2) is 9.13. The summed E-state index contributed by atoms with van der Waals surface area (Å²) in [6.07, 6.45) is 1.77. The highest BCUT2D eigenvalue weighted by atomic mass is 32.2. The fourth-order valence-corrected chi connectivity index (χ4v) is 4.54. The first-order chi connectivity index (χ1) is 13.9. The van der Waals surface area contributed by atoms with Gasteiger partial charge in [-0.1, -0.05) is 18.2 Å². The van der Waals surface area contributed by atoms with Gasteiger partial charge in [-0.2, -0.15) is 0 Å². The molecule has 0 N–H and O–H groups in total. The predicted molar refractivity (Wildman–Crippen MR) is 111 cm³/mol. The molecule has 1 aromatic heterocycles. The van der Waals surface area contributed by atoms with Gasteiger partial charge >= 0.3 is 0 Å². The van der Waals surface area contributed by atoms with Crippen LogP contribution in [-0.4, -0.2) is 32.4 Å². The Morgan fingerprint density at radius 2 is 1.72 bits per heavy atom. The molecule has 154 valence electrons. The number of oxazole rings is 1. The lowest BCUT2D eigenvalue weighted by Gasteiger charge is -2.11. The number of rotatable bonds is 9. The second-order valence-electron chi connectivity index (χ2n) is 6.51. The number of aromatic nitrogens is 1. The third-order valence-electron chi connectivity index (χ3n) is 4.40. The number of nitrogens with zero attached hydrogens (tertiary/aromatic N) is 1. The first kappa shape index (κ1) is 20.9. The molecule has 3 rings (SSSR count). The molecule has 2 aromatic carbocycles. The van der Waals surface area contributed by atoms with Crippen LogP contribution < -0.4 is 9.47 Å². The maximum Gasteiger partial charge on any atom is 0.226 e. The van der Waals surface area contributed by atoms with Crippen LogP contribution >= 0.6 is 0 Å². The van der Waals surface area contributed by atoms with E-state index in [1.54, 1.807) is 25.1 Å². The number of sulfone groups is 1. The molecule has 0 amide bonds. The molecule has 0 aliphatic rings. The van der Waals surface area contributed by atoms with E-state index in [4.69, 9.17) is 13.9 Å². The number of hydrogen-bond acceptors (Lipinski definition) is 6. The van der Waals surface area contributed by atoms with Gasteiger partial charge in [-0.15, -0.1) is 0 Å². The van der Waals surface area contributed by atoms with Gasteiger partial charge in [0.25, 0.3) is 0 Å². The van der Waals surface area contributed by atoms with Crippen LogP contribution in [0.5, 0.6) is 11.5 Å². The van der Waals surface area contributed by atoms with Crippen LogP contribution in [0.2, 0.25) is 0 Å². The van der Waals surface area contributed by atoms with Crippen molar-refractivity contribution in [1.82, 2.24) is 4.98 Å². The van der Waals surface area contributed by atoms with Gasteiger partial charge in [-0.25, -0.2) is 13.4 Å². The normalized spacial score (nSPS) is 11.4. The fraction of sp³-hybridized carbons (Fsp3) is 0.318. The van der Waals surface area contributed by atoms with Crippen molar-refractivity contribution in [3.05, 3.63) is 60.0 Å². The first-order valence-corrected chi connectivity index (χ1v) is 11.2. The molecule has 0 bridgehead atoms. The largest absolute Gasteiger partial charge is 0.490 e. The fourth-order valence-electron chi connectivity index (χ4n) is 2.99. The molecule has 0 radical (unpaired) electrons. The zero-order valence-corrected chi connectivity index (χ0v) is 17.7. The van der Waals surface area contributed by atoms with E-state index in [9.17, 15) is 8.42 Å². The number of aryl methyl sites for hydroxylation is 2. The molecular weight excluding hydrogens is 390 g/mol. The van der Waals surface area contributed by atoms with Crippen molar-refractivity contribution in [2.24, 2.45) is 0 Å². The van der Waals surface area contributed by atoms with Crippen LogP contribution in [0.3, 0.4) is 0 Å². The first-order valence-electron chi connectivity index (χ1n) is 9.57. The Kier molecular flexibility index (Phi) is 6.59. The summed E-state index contributed by atoms with van der Waals surface area (Å²) in [6.45, 7) is 6.66. The van der Waals surface area contributed by atoms with Gasteiger partial charge in [0.2, 0.25) is 5.89 Å². The molecule has 0 saturated heterocycles. The second-order valence-corrected chi connectivity index (χ2v) is 8.58. The molecule has 6 nitrogen and oxygen atoms in total. The summed E-state index contributed by atoms with van der Waals surface area (Å²) in [7, 11) is -3.39. The molecule has 7 heteroatoms. The van der Waals surface area contributed by atoms with Crippen LogP contribution in [-0.2, 0) is 16.3 Å². The van der Waals surface area contributed by atoms with Gasteiger partial charge in [-0.3, -0.25) is 0 Å². The Hall–Kier alpha value is -2.80. The maximum atomic E-state index is 12.6. The van der Waals surface area contributed by atoms with Crippen molar-refractivity contribution in [1.29, 1.82) is 0 Å². The molecule has 29 heavy (non-hydrogen) atoms. The summed E-state index contributed by atoms with van der Waals surface area (Å²) >= 11 is 0. The van der Waals surface area contributed by atoms with Gasteiger partial charge in [0.05, 0.1) is 29.6 Å². The van der Waals surface area contributed by atoms with Crippen LogP contribution in [0.1, 0.15) is 25.1 Å². The van der Waals surface area contributed by atoms with Crippen molar-refractivity contribution in [3.8, 4) is 23.0 Å². The molecular formula is C22H25NO5S. The standard InChI is InChI=1S/C22H25NO5S/c1-4-26-19-11-10-17(14-20(19)27-5-2)22-23-18(15-28-22)12-13-29(24,25)21-9-7-6-8-16(21)3/h6-11,14-15H,4-5,12-13H2,1-3H3. The quantitative estimate of drug-likeness (QED) is 0.513. The summed E-state index contributed by atoms with van der Waals surface area (Å²) in [5.41, 5.74) is 2.07. The van der Waals surface area contributed by atoms with Crippen molar-refractivity contribution >= 4 is 9.84 Å². The van der Waals surface area contributed by atoms with Gasteiger partial charge in [0.1, 0.15) is 6.26 Å². The Balaban J connectivity index is 1.76. The minimum absolute atomic E-state index is 0.0305. The SMILES string of the molecule is CCOc1ccc(-c2nc(CCS(=O)(=O)c3ccccc3C)co2)cc1OCC. The van der Waals surface area contributed by atoms with Crippen LogP contribution in [0.4, 0.5) is 0 Å². The smallest absolute Gasteiger partial charge is 0.226 e. The van der Waals surface area contributed by atoms with E-state index in [-0.39, 0.29) is 12.2 Å². The van der Waals surface area contributed by atoms with Crippen LogP contribution in [0.15, 0.2) is 58.0 Å². The zero-order chi connectivity index (χ0) is 20.9. The molecule has 0 spiro atoms. The van der Waals surface area contributed by atoms with Gasteiger partial charge in [0, 0.05) is 12.0 Å². The van der Waals surface area contributed by atoms with E-state index >= 15 is 0 Å². The van der Waals surface area contributed by atoms with E-state index in [1.165, 1.54) is 6.26 Å². The van der Waals surface area contributed by atoms with E-state index in [1.807, 2.05) is 38.1 Å². The molecule has 0 atom stereocenters. The minimum Gasteiger partial charge on any atom is -0.490 e. The lowest BCUT2D eigenvalue weighted by molar-refractivity contribution is 0.288. The lowest BCUT2D eigenvalue weighted by Crippen LogP contribution is -2.10. The van der Waals surface area contributed by atoms with Crippen molar-refractivity contribution < 1.29 is 22.3 Å². The third-order valence-corrected chi connectivity index (χ3v) is 6.27. The van der Waals surface area contributed by atoms with Gasteiger partial charge in [0.15, 0.2) is 21.3 Å². The Morgan fingerprint density at radius 3 is 2.45 bits per heavy atom. The van der Waals surface area contributed by atoms with Gasteiger partial charge < -0.3 is 13.9 Å². The minimum atomic E-state index is -3.39. The van der Waals surface area contributed by atoms with Crippen molar-refractivity contribution in [2.75, 3.05) is 19.0 Å². The average Bonchev–Trinajstić information content (AvgIpc) is 3.18. The number of hydrogen-bond donors (Lipinski definition) is 0. The highest BCUT2D eigenvalue weighted by molar-refractivity contribution is 7.91. The molecule has 1 heterocycles. The summed E-state index contributed by atoms with van der Waals surface area (Å²) in [6, 6.07) is 12.5. The summed E-state index contributed by atoms with van der Waals surface area (Å²) in [5.74, 6) is 1.66. The van der Waals surface area contributed by atoms with E-state index in [0.29, 0.717) is 41.2 Å². The topological polar surface area (TPSA) is 78.6 Å². The molecule has 0 aliphatic carbocycles. The number of ether oxygens (including phenoxy) is 2. The molecule has 0 aliphatic heterocycles. The van der Waals surface area contributed by atoms with E-state index in [2.05, 4.69) is 4.98 Å². The Morgan fingerprint density at radius 1 is 1.00 bits per heavy atom. The van der Waals surface area contributed by atoms with Crippen molar-refractivity contribution in [3.63, 3.8) is 0 Å². The van der Waals surface area contributed by atoms with Crippen LogP contribution in [0.25, 0.3) is 11.5 Å². The zero-order valence-electron chi connectivity index (χ0n) is 16.8. The van der Waals surface area contributed by atoms with Crippen molar-refractivity contribution in [2.45, 2.75) is 32.1 Å². The average molecular weight is 416 g/mol. The summed E-state index contributed by atoms with van der Waals surface area (Å²) in [5, 5.41) is 0. The van der Waals surface area contributed by atoms with Crippen LogP contribution in [0, 0.1) is 6.92 Å². The molecule has 0 unspecified atom stereocenters. The van der Waals surface area contributed by atoms with E-state index in [0.717, 1.165) is 11.1 Å². The molecule has 0 saturated carbocycles. The predicted octanol–water partition coefficient (Wildman–Crippen LogP) is 4.46. The van der Waals surface area contributed by atoms with Gasteiger partial charge in [-0.05, 0) is 50.6 Å². The lowest BCUT2D eigenvalue weighted by atomic mass is 10.2.